The van der Waals surface area contributed by atoms with Crippen molar-refractivity contribution < 1.29 is 13.2 Å². The molecule has 1 amide bonds. The summed E-state index contributed by atoms with van der Waals surface area (Å²) in [5.74, 6) is 0.120. The molecule has 1 aromatic carbocycles. The minimum atomic E-state index is -3.49. The van der Waals surface area contributed by atoms with Gasteiger partial charge in [-0.05, 0) is 31.3 Å². The fourth-order valence-electron chi connectivity index (χ4n) is 1.42. The lowest BCUT2D eigenvalue weighted by atomic mass is 10.2. The summed E-state index contributed by atoms with van der Waals surface area (Å²) in [6, 6.07) is 7.23. The Bertz CT molecular complexity index is 662. The third-order valence-corrected chi connectivity index (χ3v) is 3.87. The standard InChI is InChI=1S/C11H12N4O3S/c1-12-19(17,18)9-4-2-8(3-5-9)11(16)14-10-6-7-13-15-10/h2-7,12H,1H3,(H2,13,14,15,16). The number of aromatic nitrogens is 2. The molecule has 3 N–H and O–H groups in total. The summed E-state index contributed by atoms with van der Waals surface area (Å²) in [6.45, 7) is 0. The second-order valence-corrected chi connectivity index (χ2v) is 5.54. The van der Waals surface area contributed by atoms with E-state index in [2.05, 4.69) is 20.2 Å². The van der Waals surface area contributed by atoms with Crippen molar-refractivity contribution in [1.82, 2.24) is 14.9 Å². The number of hydrogen-bond acceptors (Lipinski definition) is 4. The number of rotatable bonds is 4. The first-order chi connectivity index (χ1) is 9.03. The maximum atomic E-state index is 11.8. The van der Waals surface area contributed by atoms with Crippen molar-refractivity contribution in [3.8, 4) is 0 Å². The van der Waals surface area contributed by atoms with E-state index in [1.807, 2.05) is 0 Å². The van der Waals surface area contributed by atoms with E-state index in [0.717, 1.165) is 0 Å². The average Bonchev–Trinajstić information content (AvgIpc) is 2.91. The second kappa shape index (κ2) is 5.21. The highest BCUT2D eigenvalue weighted by Gasteiger charge is 2.12. The molecule has 19 heavy (non-hydrogen) atoms. The van der Waals surface area contributed by atoms with Crippen LogP contribution in [-0.4, -0.2) is 31.6 Å². The van der Waals surface area contributed by atoms with Gasteiger partial charge in [-0.1, -0.05) is 0 Å². The van der Waals surface area contributed by atoms with Gasteiger partial charge in [0.2, 0.25) is 10.0 Å². The van der Waals surface area contributed by atoms with Crippen LogP contribution in [0.25, 0.3) is 0 Å². The maximum Gasteiger partial charge on any atom is 0.256 e. The largest absolute Gasteiger partial charge is 0.307 e. The number of carbonyl (C=O) groups excluding carboxylic acids is 1. The van der Waals surface area contributed by atoms with Crippen LogP contribution in [-0.2, 0) is 10.0 Å². The SMILES string of the molecule is CNS(=O)(=O)c1ccc(C(=O)Nc2ccn[nH]2)cc1. The Morgan fingerprint density at radius 2 is 1.89 bits per heavy atom. The van der Waals surface area contributed by atoms with E-state index in [-0.39, 0.29) is 10.8 Å². The van der Waals surface area contributed by atoms with Crippen LogP contribution in [0.3, 0.4) is 0 Å². The highest BCUT2D eigenvalue weighted by atomic mass is 32.2. The number of carbonyl (C=O) groups is 1. The molecule has 2 aromatic rings. The Morgan fingerprint density at radius 3 is 2.42 bits per heavy atom. The van der Waals surface area contributed by atoms with E-state index < -0.39 is 10.0 Å². The van der Waals surface area contributed by atoms with Gasteiger partial charge in [-0.25, -0.2) is 13.1 Å². The summed E-state index contributed by atoms with van der Waals surface area (Å²) in [6.07, 6.45) is 1.51. The average molecular weight is 280 g/mol. The number of amides is 1. The molecule has 2 rings (SSSR count). The van der Waals surface area contributed by atoms with Crippen molar-refractivity contribution in [3.05, 3.63) is 42.1 Å². The van der Waals surface area contributed by atoms with Crippen LogP contribution in [0.4, 0.5) is 5.82 Å². The number of hydrogen-bond donors (Lipinski definition) is 3. The van der Waals surface area contributed by atoms with Crippen LogP contribution in [0.5, 0.6) is 0 Å². The summed E-state index contributed by atoms with van der Waals surface area (Å²) >= 11 is 0. The van der Waals surface area contributed by atoms with Crippen molar-refractivity contribution in [2.24, 2.45) is 0 Å². The van der Waals surface area contributed by atoms with Crippen molar-refractivity contribution in [2.75, 3.05) is 12.4 Å². The van der Waals surface area contributed by atoms with Gasteiger partial charge in [-0.15, -0.1) is 0 Å². The Labute approximate surface area is 110 Å². The molecule has 100 valence electrons. The summed E-state index contributed by atoms with van der Waals surface area (Å²) < 4.78 is 25.2. The van der Waals surface area contributed by atoms with Gasteiger partial charge in [0.05, 0.1) is 11.1 Å². The smallest absolute Gasteiger partial charge is 0.256 e. The van der Waals surface area contributed by atoms with Gasteiger partial charge < -0.3 is 5.32 Å². The first-order valence-electron chi connectivity index (χ1n) is 5.37. The van der Waals surface area contributed by atoms with E-state index in [0.29, 0.717) is 11.4 Å². The van der Waals surface area contributed by atoms with Gasteiger partial charge in [-0.3, -0.25) is 9.89 Å². The molecular weight excluding hydrogens is 268 g/mol. The van der Waals surface area contributed by atoms with Gasteiger partial charge in [0.25, 0.3) is 5.91 Å². The number of nitrogens with one attached hydrogen (secondary N) is 3. The zero-order valence-electron chi connectivity index (χ0n) is 10.0. The van der Waals surface area contributed by atoms with Crippen LogP contribution < -0.4 is 10.0 Å². The molecule has 0 saturated carbocycles. The summed E-state index contributed by atoms with van der Waals surface area (Å²) in [5.41, 5.74) is 0.352. The van der Waals surface area contributed by atoms with Gasteiger partial charge in [0.15, 0.2) is 0 Å². The number of anilines is 1. The fraction of sp³-hybridized carbons (Fsp3) is 0.0909. The number of sulfonamides is 1. The molecule has 0 radical (unpaired) electrons. The van der Waals surface area contributed by atoms with Gasteiger partial charge in [0.1, 0.15) is 5.82 Å². The monoisotopic (exact) mass is 280 g/mol. The Balaban J connectivity index is 2.17. The van der Waals surface area contributed by atoms with E-state index in [1.165, 1.54) is 37.5 Å². The number of benzene rings is 1. The van der Waals surface area contributed by atoms with E-state index >= 15 is 0 Å². The lowest BCUT2D eigenvalue weighted by molar-refractivity contribution is 0.102. The van der Waals surface area contributed by atoms with Crippen molar-refractivity contribution >= 4 is 21.7 Å². The molecule has 0 spiro atoms. The lowest BCUT2D eigenvalue weighted by Crippen LogP contribution is -2.19. The predicted molar refractivity (Wildman–Crippen MR) is 69.2 cm³/mol. The zero-order valence-corrected chi connectivity index (χ0v) is 10.9. The number of aromatic amines is 1. The second-order valence-electron chi connectivity index (χ2n) is 3.66. The predicted octanol–water partition coefficient (Wildman–Crippen LogP) is 0.570. The first kappa shape index (κ1) is 13.2. The van der Waals surface area contributed by atoms with Gasteiger partial charge >= 0.3 is 0 Å². The van der Waals surface area contributed by atoms with Crippen LogP contribution in [0.1, 0.15) is 10.4 Å². The highest BCUT2D eigenvalue weighted by molar-refractivity contribution is 7.89. The maximum absolute atomic E-state index is 11.8. The van der Waals surface area contributed by atoms with Crippen LogP contribution >= 0.6 is 0 Å². The summed E-state index contributed by atoms with van der Waals surface area (Å²) in [7, 11) is -2.16. The number of H-pyrrole nitrogens is 1. The van der Waals surface area contributed by atoms with Crippen LogP contribution in [0.15, 0.2) is 41.4 Å². The minimum absolute atomic E-state index is 0.105. The Morgan fingerprint density at radius 1 is 1.21 bits per heavy atom. The molecule has 0 atom stereocenters. The molecule has 0 aliphatic rings. The molecule has 0 bridgehead atoms. The molecule has 0 aliphatic carbocycles. The molecule has 1 heterocycles. The highest BCUT2D eigenvalue weighted by Crippen LogP contribution is 2.11. The quantitative estimate of drug-likeness (QED) is 0.761. The number of nitrogens with zero attached hydrogens (tertiary/aromatic N) is 1. The van der Waals surface area contributed by atoms with Gasteiger partial charge in [0, 0.05) is 11.6 Å². The van der Waals surface area contributed by atoms with Crippen LogP contribution in [0.2, 0.25) is 0 Å². The molecule has 0 aliphatic heterocycles. The summed E-state index contributed by atoms with van der Waals surface area (Å²) in [4.78, 5) is 11.9. The lowest BCUT2D eigenvalue weighted by Gasteiger charge is -2.05. The zero-order chi connectivity index (χ0) is 13.9. The van der Waals surface area contributed by atoms with Crippen molar-refractivity contribution in [3.63, 3.8) is 0 Å². The fourth-order valence-corrected chi connectivity index (χ4v) is 2.15. The van der Waals surface area contributed by atoms with Crippen molar-refractivity contribution in [2.45, 2.75) is 4.90 Å². The topological polar surface area (TPSA) is 104 Å². The molecule has 0 fully saturated rings. The van der Waals surface area contributed by atoms with E-state index in [1.54, 1.807) is 6.07 Å². The van der Waals surface area contributed by atoms with Crippen molar-refractivity contribution in [1.29, 1.82) is 0 Å². The molecule has 0 saturated heterocycles. The molecule has 8 heteroatoms. The summed E-state index contributed by atoms with van der Waals surface area (Å²) in [5, 5.41) is 8.88. The minimum Gasteiger partial charge on any atom is -0.307 e. The molecule has 0 unspecified atom stereocenters. The molecule has 1 aromatic heterocycles. The third-order valence-electron chi connectivity index (χ3n) is 2.44. The first-order valence-corrected chi connectivity index (χ1v) is 6.85. The van der Waals surface area contributed by atoms with E-state index in [9.17, 15) is 13.2 Å². The van der Waals surface area contributed by atoms with Crippen LogP contribution in [0, 0.1) is 0 Å². The van der Waals surface area contributed by atoms with E-state index in [4.69, 9.17) is 0 Å². The molecular formula is C11H12N4O3S. The Hall–Kier alpha value is -2.19. The third kappa shape index (κ3) is 2.98. The normalized spacial score (nSPS) is 11.2. The Kier molecular flexibility index (Phi) is 3.63. The van der Waals surface area contributed by atoms with Gasteiger partial charge in [-0.2, -0.15) is 5.10 Å². The molecule has 7 nitrogen and oxygen atoms in total.